The van der Waals surface area contributed by atoms with Gasteiger partial charge in [-0.3, -0.25) is 4.79 Å². The van der Waals surface area contributed by atoms with Gasteiger partial charge in [-0.2, -0.15) is 0 Å². The second-order valence-corrected chi connectivity index (χ2v) is 7.26. The molecule has 0 amide bonds. The van der Waals surface area contributed by atoms with Crippen molar-refractivity contribution >= 4 is 5.78 Å². The minimum atomic E-state index is 0.149. The number of nitrogens with zero attached hydrogens (tertiary/aromatic N) is 1. The molecule has 0 radical (unpaired) electrons. The standard InChI is InChI=1S/C19H29NO/c1-19(2,3)17-11-9-16(10-12-17)18(21)8-7-15-20-13-5-4-6-14-20/h9-12H,4-8,13-15H2,1-3H3. The minimum Gasteiger partial charge on any atom is -0.303 e. The molecule has 2 rings (SSSR count). The molecule has 1 saturated heterocycles. The fourth-order valence-corrected chi connectivity index (χ4v) is 2.95. The lowest BCUT2D eigenvalue weighted by Crippen LogP contribution is -2.30. The molecule has 1 aromatic carbocycles. The van der Waals surface area contributed by atoms with Crippen molar-refractivity contribution in [3.8, 4) is 0 Å². The molecule has 0 N–H and O–H groups in total. The molecule has 2 heteroatoms. The molecule has 0 saturated carbocycles. The number of benzene rings is 1. The van der Waals surface area contributed by atoms with Crippen molar-refractivity contribution in [3.05, 3.63) is 35.4 Å². The van der Waals surface area contributed by atoms with Crippen LogP contribution >= 0.6 is 0 Å². The van der Waals surface area contributed by atoms with Crippen LogP contribution in [0.25, 0.3) is 0 Å². The largest absolute Gasteiger partial charge is 0.303 e. The normalized spacial score (nSPS) is 16.9. The second-order valence-electron chi connectivity index (χ2n) is 7.26. The third-order valence-corrected chi connectivity index (χ3v) is 4.40. The Labute approximate surface area is 129 Å². The van der Waals surface area contributed by atoms with Gasteiger partial charge in [-0.1, -0.05) is 51.5 Å². The summed E-state index contributed by atoms with van der Waals surface area (Å²) in [5.41, 5.74) is 2.30. The van der Waals surface area contributed by atoms with Gasteiger partial charge in [-0.25, -0.2) is 0 Å². The van der Waals surface area contributed by atoms with Crippen molar-refractivity contribution in [1.29, 1.82) is 0 Å². The van der Waals surface area contributed by atoms with Gasteiger partial charge in [0.1, 0.15) is 0 Å². The SMILES string of the molecule is CC(C)(C)c1ccc(C(=O)CCCN2CCCCC2)cc1. The van der Waals surface area contributed by atoms with E-state index in [2.05, 4.69) is 37.8 Å². The van der Waals surface area contributed by atoms with E-state index < -0.39 is 0 Å². The van der Waals surface area contributed by atoms with E-state index in [0.29, 0.717) is 6.42 Å². The molecule has 0 aliphatic carbocycles. The molecule has 21 heavy (non-hydrogen) atoms. The highest BCUT2D eigenvalue weighted by Gasteiger charge is 2.15. The number of carbonyl (C=O) groups excluding carboxylic acids is 1. The maximum absolute atomic E-state index is 12.2. The summed E-state index contributed by atoms with van der Waals surface area (Å²) in [7, 11) is 0. The fraction of sp³-hybridized carbons (Fsp3) is 0.632. The number of carbonyl (C=O) groups is 1. The van der Waals surface area contributed by atoms with E-state index in [0.717, 1.165) is 18.5 Å². The number of hydrogen-bond acceptors (Lipinski definition) is 2. The quantitative estimate of drug-likeness (QED) is 0.747. The topological polar surface area (TPSA) is 20.3 Å². The zero-order chi connectivity index (χ0) is 15.3. The van der Waals surface area contributed by atoms with Crippen LogP contribution in [0.5, 0.6) is 0 Å². The first kappa shape index (κ1) is 16.2. The molecule has 1 heterocycles. The van der Waals surface area contributed by atoms with Crippen molar-refractivity contribution in [2.45, 2.75) is 58.3 Å². The molecule has 0 bridgehead atoms. The number of piperidine rings is 1. The van der Waals surface area contributed by atoms with Gasteiger partial charge in [0.25, 0.3) is 0 Å². The summed E-state index contributed by atoms with van der Waals surface area (Å²) in [6, 6.07) is 8.17. The molecule has 0 atom stereocenters. The van der Waals surface area contributed by atoms with Gasteiger partial charge >= 0.3 is 0 Å². The van der Waals surface area contributed by atoms with Gasteiger partial charge in [-0.05, 0) is 49.9 Å². The van der Waals surface area contributed by atoms with Gasteiger partial charge in [0, 0.05) is 12.0 Å². The van der Waals surface area contributed by atoms with E-state index in [1.165, 1.54) is 37.9 Å². The second kappa shape index (κ2) is 7.22. The Morgan fingerprint density at radius 1 is 1.05 bits per heavy atom. The molecular weight excluding hydrogens is 258 g/mol. The first-order chi connectivity index (χ1) is 9.97. The van der Waals surface area contributed by atoms with Crippen molar-refractivity contribution in [2.24, 2.45) is 0 Å². The number of likely N-dealkylation sites (tertiary alicyclic amines) is 1. The molecule has 116 valence electrons. The molecule has 1 aliphatic heterocycles. The van der Waals surface area contributed by atoms with Crippen molar-refractivity contribution in [3.63, 3.8) is 0 Å². The van der Waals surface area contributed by atoms with Crippen LogP contribution in [0.15, 0.2) is 24.3 Å². The van der Waals surface area contributed by atoms with Crippen LogP contribution in [-0.2, 0) is 5.41 Å². The van der Waals surface area contributed by atoms with Crippen LogP contribution in [0.1, 0.15) is 68.8 Å². The van der Waals surface area contributed by atoms with Gasteiger partial charge in [0.2, 0.25) is 0 Å². The van der Waals surface area contributed by atoms with E-state index in [1.54, 1.807) is 0 Å². The highest BCUT2D eigenvalue weighted by atomic mass is 16.1. The lowest BCUT2D eigenvalue weighted by molar-refractivity contribution is 0.0973. The van der Waals surface area contributed by atoms with Crippen LogP contribution in [0.3, 0.4) is 0 Å². The molecule has 1 aromatic rings. The zero-order valence-electron chi connectivity index (χ0n) is 13.8. The maximum atomic E-state index is 12.2. The molecule has 1 aliphatic rings. The van der Waals surface area contributed by atoms with Gasteiger partial charge in [0.15, 0.2) is 5.78 Å². The smallest absolute Gasteiger partial charge is 0.162 e. The summed E-state index contributed by atoms with van der Waals surface area (Å²) < 4.78 is 0. The molecular formula is C19H29NO. The van der Waals surface area contributed by atoms with Crippen LogP contribution in [0.2, 0.25) is 0 Å². The first-order valence-electron chi connectivity index (χ1n) is 8.33. The maximum Gasteiger partial charge on any atom is 0.162 e. The predicted molar refractivity (Wildman–Crippen MR) is 89.0 cm³/mol. The third kappa shape index (κ3) is 4.96. The Kier molecular flexibility index (Phi) is 5.58. The van der Waals surface area contributed by atoms with Crippen LogP contribution in [-0.4, -0.2) is 30.3 Å². The van der Waals surface area contributed by atoms with E-state index >= 15 is 0 Å². The fourth-order valence-electron chi connectivity index (χ4n) is 2.95. The van der Waals surface area contributed by atoms with Crippen LogP contribution in [0, 0.1) is 0 Å². The number of Topliss-reactive ketones (excluding diaryl/α,β-unsaturated/α-hetero) is 1. The number of rotatable bonds is 5. The summed E-state index contributed by atoms with van der Waals surface area (Å²) in [4.78, 5) is 14.7. The van der Waals surface area contributed by atoms with Crippen LogP contribution in [0.4, 0.5) is 0 Å². The van der Waals surface area contributed by atoms with E-state index in [9.17, 15) is 4.79 Å². The lowest BCUT2D eigenvalue weighted by Gasteiger charge is -2.26. The summed E-state index contributed by atoms with van der Waals surface area (Å²) in [6.07, 6.45) is 5.67. The Morgan fingerprint density at radius 2 is 1.67 bits per heavy atom. The Balaban J connectivity index is 1.80. The van der Waals surface area contributed by atoms with Gasteiger partial charge < -0.3 is 4.90 Å². The summed E-state index contributed by atoms with van der Waals surface area (Å²) in [6.45, 7) is 10.1. The third-order valence-electron chi connectivity index (χ3n) is 4.40. The monoisotopic (exact) mass is 287 g/mol. The predicted octanol–water partition coefficient (Wildman–Crippen LogP) is 4.43. The van der Waals surface area contributed by atoms with Crippen LogP contribution < -0.4 is 0 Å². The summed E-state index contributed by atoms with van der Waals surface area (Å²) in [5, 5.41) is 0. The summed E-state index contributed by atoms with van der Waals surface area (Å²) in [5.74, 6) is 0.285. The summed E-state index contributed by atoms with van der Waals surface area (Å²) >= 11 is 0. The molecule has 0 unspecified atom stereocenters. The highest BCUT2D eigenvalue weighted by Crippen LogP contribution is 2.22. The van der Waals surface area contributed by atoms with E-state index in [1.807, 2.05) is 12.1 Å². The highest BCUT2D eigenvalue weighted by molar-refractivity contribution is 5.96. The van der Waals surface area contributed by atoms with Crippen molar-refractivity contribution in [1.82, 2.24) is 4.90 Å². The van der Waals surface area contributed by atoms with Crippen molar-refractivity contribution in [2.75, 3.05) is 19.6 Å². The molecule has 0 aromatic heterocycles. The van der Waals surface area contributed by atoms with E-state index in [-0.39, 0.29) is 11.2 Å². The lowest BCUT2D eigenvalue weighted by atomic mass is 9.86. The Hall–Kier alpha value is -1.15. The molecule has 0 spiro atoms. The molecule has 1 fully saturated rings. The average molecular weight is 287 g/mol. The molecule has 2 nitrogen and oxygen atoms in total. The van der Waals surface area contributed by atoms with Gasteiger partial charge in [-0.15, -0.1) is 0 Å². The minimum absolute atomic E-state index is 0.149. The average Bonchev–Trinajstić information content (AvgIpc) is 2.47. The van der Waals surface area contributed by atoms with E-state index in [4.69, 9.17) is 0 Å². The Bertz CT molecular complexity index is 449. The Morgan fingerprint density at radius 3 is 2.24 bits per heavy atom. The zero-order valence-corrected chi connectivity index (χ0v) is 13.8. The number of hydrogen-bond donors (Lipinski definition) is 0. The number of ketones is 1. The van der Waals surface area contributed by atoms with Crippen molar-refractivity contribution < 1.29 is 4.79 Å². The van der Waals surface area contributed by atoms with Gasteiger partial charge in [0.05, 0.1) is 0 Å². The first-order valence-corrected chi connectivity index (χ1v) is 8.33.